The van der Waals surface area contributed by atoms with Gasteiger partial charge in [-0.15, -0.1) is 0 Å². The second-order valence-corrected chi connectivity index (χ2v) is 5.12. The average Bonchev–Trinajstić information content (AvgIpc) is 2.07. The molecule has 0 aliphatic carbocycles. The molecular formula is C7H16N2S2. The van der Waals surface area contributed by atoms with Crippen molar-refractivity contribution in [2.24, 2.45) is 5.73 Å². The first-order valence-corrected chi connectivity index (χ1v) is 6.24. The lowest BCUT2D eigenvalue weighted by Crippen LogP contribution is -2.34. The molecule has 0 unspecified atom stereocenters. The van der Waals surface area contributed by atoms with Crippen molar-refractivity contribution in [3.05, 3.63) is 0 Å². The predicted molar refractivity (Wildman–Crippen MR) is 55.5 cm³/mol. The smallest absolute Gasteiger partial charge is 0.0263 e. The number of rotatable bonds is 4. The molecule has 1 rings (SSSR count). The van der Waals surface area contributed by atoms with Crippen molar-refractivity contribution in [1.82, 2.24) is 5.32 Å². The highest BCUT2D eigenvalue weighted by Crippen LogP contribution is 2.17. The van der Waals surface area contributed by atoms with Crippen LogP contribution in [0.1, 0.15) is 0 Å². The van der Waals surface area contributed by atoms with Gasteiger partial charge in [0.15, 0.2) is 0 Å². The van der Waals surface area contributed by atoms with E-state index >= 15 is 0 Å². The Morgan fingerprint density at radius 1 is 1.64 bits per heavy atom. The van der Waals surface area contributed by atoms with Gasteiger partial charge in [0.25, 0.3) is 0 Å². The van der Waals surface area contributed by atoms with Crippen LogP contribution in [0.4, 0.5) is 0 Å². The zero-order valence-corrected chi connectivity index (χ0v) is 8.35. The van der Waals surface area contributed by atoms with Gasteiger partial charge in [-0.05, 0) is 0 Å². The minimum atomic E-state index is 0.815. The monoisotopic (exact) mass is 192 g/mol. The van der Waals surface area contributed by atoms with Crippen LogP contribution in [0.2, 0.25) is 0 Å². The summed E-state index contributed by atoms with van der Waals surface area (Å²) in [6, 6.07) is 0. The SMILES string of the molecule is NCCSC[C@H]1CNCCS1. The van der Waals surface area contributed by atoms with E-state index in [4.69, 9.17) is 5.73 Å². The second kappa shape index (κ2) is 6.17. The number of hydrogen-bond acceptors (Lipinski definition) is 4. The molecule has 0 aromatic heterocycles. The molecule has 1 saturated heterocycles. The van der Waals surface area contributed by atoms with Crippen molar-refractivity contribution in [2.45, 2.75) is 5.25 Å². The first-order chi connectivity index (χ1) is 5.43. The maximum absolute atomic E-state index is 5.40. The Kier molecular flexibility index (Phi) is 5.45. The lowest BCUT2D eigenvalue weighted by atomic mass is 10.4. The summed E-state index contributed by atoms with van der Waals surface area (Å²) >= 11 is 4.06. The molecule has 0 bridgehead atoms. The molecule has 1 fully saturated rings. The normalized spacial score (nSPS) is 25.4. The van der Waals surface area contributed by atoms with Crippen LogP contribution < -0.4 is 11.1 Å². The van der Waals surface area contributed by atoms with Gasteiger partial charge in [-0.1, -0.05) is 0 Å². The van der Waals surface area contributed by atoms with Crippen LogP contribution in [-0.2, 0) is 0 Å². The van der Waals surface area contributed by atoms with Gasteiger partial charge in [-0.25, -0.2) is 0 Å². The molecule has 0 radical (unpaired) electrons. The van der Waals surface area contributed by atoms with Crippen LogP contribution in [0.5, 0.6) is 0 Å². The highest BCUT2D eigenvalue weighted by molar-refractivity contribution is 8.03. The van der Waals surface area contributed by atoms with E-state index < -0.39 is 0 Å². The van der Waals surface area contributed by atoms with Crippen molar-refractivity contribution in [3.63, 3.8) is 0 Å². The highest BCUT2D eigenvalue weighted by atomic mass is 32.2. The van der Waals surface area contributed by atoms with Gasteiger partial charge in [-0.2, -0.15) is 23.5 Å². The van der Waals surface area contributed by atoms with E-state index in [1.54, 1.807) is 0 Å². The largest absolute Gasteiger partial charge is 0.330 e. The van der Waals surface area contributed by atoms with Crippen LogP contribution in [-0.4, -0.2) is 42.1 Å². The number of hydrogen-bond donors (Lipinski definition) is 2. The Bertz CT molecular complexity index is 94.4. The van der Waals surface area contributed by atoms with Gasteiger partial charge in [0.1, 0.15) is 0 Å². The van der Waals surface area contributed by atoms with Crippen molar-refractivity contribution in [3.8, 4) is 0 Å². The van der Waals surface area contributed by atoms with E-state index in [2.05, 4.69) is 17.1 Å². The van der Waals surface area contributed by atoms with Gasteiger partial charge in [-0.3, -0.25) is 0 Å². The number of thioether (sulfide) groups is 2. The summed E-state index contributed by atoms with van der Waals surface area (Å²) in [6.07, 6.45) is 0. The third-order valence-electron chi connectivity index (χ3n) is 1.57. The maximum Gasteiger partial charge on any atom is 0.0263 e. The van der Waals surface area contributed by atoms with Crippen LogP contribution in [0, 0.1) is 0 Å². The molecule has 1 atom stereocenters. The minimum absolute atomic E-state index is 0.815. The maximum atomic E-state index is 5.40. The summed E-state index contributed by atoms with van der Waals surface area (Å²) in [5, 5.41) is 4.22. The molecule has 1 heterocycles. The quantitative estimate of drug-likeness (QED) is 0.632. The van der Waals surface area contributed by atoms with Crippen molar-refractivity contribution >= 4 is 23.5 Å². The first kappa shape index (κ1) is 9.71. The lowest BCUT2D eigenvalue weighted by molar-refractivity contribution is 0.699. The molecule has 3 N–H and O–H groups in total. The fourth-order valence-electron chi connectivity index (χ4n) is 1.02. The van der Waals surface area contributed by atoms with Gasteiger partial charge in [0.2, 0.25) is 0 Å². The fourth-order valence-corrected chi connectivity index (χ4v) is 3.24. The van der Waals surface area contributed by atoms with Crippen LogP contribution in [0.25, 0.3) is 0 Å². The molecule has 0 saturated carbocycles. The predicted octanol–water partition coefficient (Wildman–Crippen LogP) is 0.383. The van der Waals surface area contributed by atoms with Gasteiger partial charge < -0.3 is 11.1 Å². The topological polar surface area (TPSA) is 38.0 Å². The molecule has 66 valence electrons. The minimum Gasteiger partial charge on any atom is -0.330 e. The van der Waals surface area contributed by atoms with E-state index in [9.17, 15) is 0 Å². The van der Waals surface area contributed by atoms with E-state index in [1.807, 2.05) is 11.8 Å². The standard InChI is InChI=1S/C7H16N2S2/c8-1-3-10-6-7-5-9-2-4-11-7/h7,9H,1-6,8H2/t7-/m1/s1. The van der Waals surface area contributed by atoms with Crippen LogP contribution >= 0.6 is 23.5 Å². The average molecular weight is 192 g/mol. The van der Waals surface area contributed by atoms with E-state index in [-0.39, 0.29) is 0 Å². The Morgan fingerprint density at radius 3 is 3.18 bits per heavy atom. The molecule has 1 aliphatic heterocycles. The second-order valence-electron chi connectivity index (χ2n) is 2.56. The third kappa shape index (κ3) is 4.25. The van der Waals surface area contributed by atoms with Gasteiger partial charge in [0, 0.05) is 42.1 Å². The Morgan fingerprint density at radius 2 is 2.55 bits per heavy atom. The molecule has 1 aliphatic rings. The van der Waals surface area contributed by atoms with E-state index in [0.717, 1.165) is 17.5 Å². The molecule has 0 aromatic rings. The van der Waals surface area contributed by atoms with Crippen molar-refractivity contribution < 1.29 is 0 Å². The fraction of sp³-hybridized carbons (Fsp3) is 1.00. The Balaban J connectivity index is 1.96. The molecule has 0 spiro atoms. The summed E-state index contributed by atoms with van der Waals surface area (Å²) in [7, 11) is 0. The van der Waals surface area contributed by atoms with Crippen molar-refractivity contribution in [1.29, 1.82) is 0 Å². The highest BCUT2D eigenvalue weighted by Gasteiger charge is 2.12. The summed E-state index contributed by atoms with van der Waals surface area (Å²) < 4.78 is 0. The first-order valence-electron chi connectivity index (χ1n) is 4.03. The lowest BCUT2D eigenvalue weighted by Gasteiger charge is -2.21. The van der Waals surface area contributed by atoms with E-state index in [0.29, 0.717) is 0 Å². The van der Waals surface area contributed by atoms with Crippen LogP contribution in [0.15, 0.2) is 0 Å². The summed E-state index contributed by atoms with van der Waals surface area (Å²) in [5.41, 5.74) is 5.40. The molecule has 0 aromatic carbocycles. The molecule has 11 heavy (non-hydrogen) atoms. The summed E-state index contributed by atoms with van der Waals surface area (Å²) in [5.74, 6) is 3.64. The summed E-state index contributed by atoms with van der Waals surface area (Å²) in [6.45, 7) is 3.18. The molecule has 0 amide bonds. The van der Waals surface area contributed by atoms with Crippen LogP contribution in [0.3, 0.4) is 0 Å². The van der Waals surface area contributed by atoms with Crippen molar-refractivity contribution in [2.75, 3.05) is 36.9 Å². The van der Waals surface area contributed by atoms with Gasteiger partial charge >= 0.3 is 0 Å². The Hall–Kier alpha value is 0.620. The Labute approximate surface area is 77.1 Å². The zero-order valence-electron chi connectivity index (χ0n) is 6.71. The number of nitrogens with two attached hydrogens (primary N) is 1. The molecular weight excluding hydrogens is 176 g/mol. The third-order valence-corrected chi connectivity index (χ3v) is 4.19. The molecule has 2 nitrogen and oxygen atoms in total. The van der Waals surface area contributed by atoms with E-state index in [1.165, 1.54) is 24.6 Å². The van der Waals surface area contributed by atoms with Gasteiger partial charge in [0.05, 0.1) is 0 Å². The summed E-state index contributed by atoms with van der Waals surface area (Å²) in [4.78, 5) is 0. The molecule has 4 heteroatoms. The number of nitrogens with one attached hydrogen (secondary N) is 1. The zero-order chi connectivity index (χ0) is 7.94.